The van der Waals surface area contributed by atoms with Crippen molar-refractivity contribution in [3.8, 4) is 46.6 Å². The zero-order chi connectivity index (χ0) is 35.7. The Morgan fingerprint density at radius 2 is 0.800 bits per heavy atom. The van der Waals surface area contributed by atoms with Crippen LogP contribution in [0.3, 0.4) is 0 Å². The first-order valence-corrected chi connectivity index (χ1v) is 24.0. The molecule has 258 valence electrons. The number of aryl methyl sites for hydroxylation is 2. The molecule has 5 rings (SSSR count). The normalized spacial score (nSPS) is 11.5. The highest BCUT2D eigenvalue weighted by molar-refractivity contribution is 6.87. The summed E-state index contributed by atoms with van der Waals surface area (Å²) < 4.78 is 3.98. The van der Waals surface area contributed by atoms with Crippen LogP contribution in [0, 0.1) is 46.6 Å². The first-order chi connectivity index (χ1) is 24.3. The molecule has 4 heterocycles. The van der Waals surface area contributed by atoms with Crippen LogP contribution in [0.4, 0.5) is 0 Å². The van der Waals surface area contributed by atoms with E-state index >= 15 is 0 Å². The first-order valence-electron chi connectivity index (χ1n) is 18.8. The lowest BCUT2D eigenvalue weighted by Crippen LogP contribution is -2.32. The third-order valence-corrected chi connectivity index (χ3v) is 19.9. The average molecular weight is 697 g/mol. The summed E-state index contributed by atoms with van der Waals surface area (Å²) in [6, 6.07) is 11.3. The maximum Gasteiger partial charge on any atom is 0.159 e. The molecule has 0 unspecified atom stereocenters. The molecule has 0 aliphatic carbocycles. The van der Waals surface area contributed by atoms with Crippen LogP contribution in [0.25, 0.3) is 44.4 Å². The molecule has 0 N–H and O–H groups in total. The van der Waals surface area contributed by atoms with E-state index in [-0.39, 0.29) is 0 Å². The van der Waals surface area contributed by atoms with Crippen LogP contribution in [0.1, 0.15) is 91.2 Å². The second-order valence-corrected chi connectivity index (χ2v) is 22.5. The van der Waals surface area contributed by atoms with E-state index in [1.807, 2.05) is 47.8 Å². The fourth-order valence-electron chi connectivity index (χ4n) is 7.80. The zero-order valence-corrected chi connectivity index (χ0v) is 33.5. The lowest BCUT2D eigenvalue weighted by molar-refractivity contribution is 0.940. The molecule has 0 spiro atoms. The third-order valence-electron chi connectivity index (χ3n) is 9.86. The summed E-state index contributed by atoms with van der Waals surface area (Å²) in [4.78, 5) is 20.7. The minimum Gasteiger partial charge on any atom is -0.334 e. The van der Waals surface area contributed by atoms with E-state index in [0.717, 1.165) is 22.3 Å². The Morgan fingerprint density at radius 1 is 0.480 bits per heavy atom. The minimum atomic E-state index is -1.72. The number of hydrogen-bond donors (Lipinski definition) is 0. The number of benzene rings is 1. The summed E-state index contributed by atoms with van der Waals surface area (Å²) in [6.45, 7) is 13.7. The van der Waals surface area contributed by atoms with Gasteiger partial charge in [-0.2, -0.15) is 0 Å². The fraction of sp³-hybridized carbons (Fsp3) is 0.476. The van der Waals surface area contributed by atoms with E-state index in [4.69, 9.17) is 19.9 Å². The van der Waals surface area contributed by atoms with Gasteiger partial charge in [0, 0.05) is 26.5 Å². The third kappa shape index (κ3) is 7.69. The van der Waals surface area contributed by atoms with Crippen LogP contribution in [-0.4, -0.2) is 45.2 Å². The highest BCUT2D eigenvalue weighted by Gasteiger charge is 2.29. The molecule has 1 aromatic carbocycles. The van der Waals surface area contributed by atoms with E-state index in [1.165, 1.54) is 74.8 Å². The summed E-state index contributed by atoms with van der Waals surface area (Å²) in [5.74, 6) is 20.1. The molecule has 0 atom stereocenters. The highest BCUT2D eigenvalue weighted by Crippen LogP contribution is 2.32. The molecular formula is C42H52N6Si2. The average Bonchev–Trinajstić information content (AvgIpc) is 3.65. The Bertz CT molecular complexity index is 2070. The molecule has 0 radical (unpaired) electrons. The zero-order valence-electron chi connectivity index (χ0n) is 31.5. The molecule has 5 aromatic rings. The molecule has 50 heavy (non-hydrogen) atoms. The molecule has 0 saturated heterocycles. The maximum absolute atomic E-state index is 5.18. The molecule has 0 bridgehead atoms. The predicted molar refractivity (Wildman–Crippen MR) is 217 cm³/mol. The molecule has 0 saturated carbocycles. The Hall–Kier alpha value is -4.35. The van der Waals surface area contributed by atoms with Crippen LogP contribution in [0.5, 0.6) is 0 Å². The van der Waals surface area contributed by atoms with Gasteiger partial charge < -0.3 is 9.13 Å². The van der Waals surface area contributed by atoms with Crippen LogP contribution < -0.4 is 0 Å². The van der Waals surface area contributed by atoms with Gasteiger partial charge in [0.1, 0.15) is 49.2 Å². The Morgan fingerprint density at radius 3 is 1.12 bits per heavy atom. The smallest absolute Gasteiger partial charge is 0.159 e. The van der Waals surface area contributed by atoms with Gasteiger partial charge in [-0.25, -0.2) is 19.9 Å². The van der Waals surface area contributed by atoms with Gasteiger partial charge in [0.15, 0.2) is 11.3 Å². The van der Waals surface area contributed by atoms with Crippen molar-refractivity contribution in [2.24, 2.45) is 14.1 Å². The summed E-state index contributed by atoms with van der Waals surface area (Å²) in [7, 11) is 0.536. The van der Waals surface area contributed by atoms with Crippen molar-refractivity contribution in [2.45, 2.75) is 116 Å². The number of aromatic nitrogens is 6. The number of nitrogens with zero attached hydrogens (tertiary/aromatic N) is 6. The van der Waals surface area contributed by atoms with Crippen LogP contribution in [0.2, 0.25) is 36.3 Å². The molecule has 0 aliphatic heterocycles. The van der Waals surface area contributed by atoms with E-state index in [0.29, 0.717) is 33.2 Å². The lowest BCUT2D eigenvalue weighted by Gasteiger charge is -2.24. The minimum absolute atomic E-state index is 0.675. The Balaban J connectivity index is 1.81. The number of hydrogen-bond acceptors (Lipinski definition) is 4. The van der Waals surface area contributed by atoms with Gasteiger partial charge in [0.2, 0.25) is 0 Å². The van der Waals surface area contributed by atoms with Crippen molar-refractivity contribution >= 4 is 60.5 Å². The van der Waals surface area contributed by atoms with Gasteiger partial charge in [-0.3, -0.25) is 0 Å². The van der Waals surface area contributed by atoms with Crippen molar-refractivity contribution < 1.29 is 0 Å². The summed E-state index contributed by atoms with van der Waals surface area (Å²) in [6.07, 6.45) is 11.0. The van der Waals surface area contributed by atoms with Crippen LogP contribution in [-0.2, 0) is 14.1 Å². The van der Waals surface area contributed by atoms with Crippen molar-refractivity contribution in [1.29, 1.82) is 0 Å². The maximum atomic E-state index is 5.18. The Labute approximate surface area is 301 Å². The van der Waals surface area contributed by atoms with Gasteiger partial charge in [-0.05, 0) is 83.9 Å². The number of fused-ring (bicyclic) bond motifs is 4. The number of rotatable bonds is 12. The van der Waals surface area contributed by atoms with E-state index < -0.39 is 16.1 Å². The van der Waals surface area contributed by atoms with Crippen LogP contribution in [0.15, 0.2) is 24.5 Å². The van der Waals surface area contributed by atoms with E-state index in [1.54, 1.807) is 0 Å². The van der Waals surface area contributed by atoms with Gasteiger partial charge in [0.25, 0.3) is 0 Å². The SMILES string of the molecule is CCC[Si](C#CC#Cc1c2nc3ccn(C)c3nc2c(C#CC#C[Si](CCC)(CCC)CCC)c2nc3ccn(C)c3nc12)(CCC)CCC. The van der Waals surface area contributed by atoms with Gasteiger partial charge in [-0.1, -0.05) is 80.1 Å². The second kappa shape index (κ2) is 16.6. The lowest BCUT2D eigenvalue weighted by atomic mass is 10.0. The molecule has 4 aromatic heterocycles. The van der Waals surface area contributed by atoms with E-state index in [9.17, 15) is 0 Å². The molecule has 0 amide bonds. The predicted octanol–water partition coefficient (Wildman–Crippen LogP) is 9.70. The molecular weight excluding hydrogens is 645 g/mol. The highest BCUT2D eigenvalue weighted by atomic mass is 28.3. The van der Waals surface area contributed by atoms with Crippen molar-refractivity contribution in [2.75, 3.05) is 0 Å². The van der Waals surface area contributed by atoms with E-state index in [2.05, 4.69) is 88.2 Å². The Kier molecular flexibility index (Phi) is 12.2. The van der Waals surface area contributed by atoms with Gasteiger partial charge >= 0.3 is 0 Å². The van der Waals surface area contributed by atoms with Crippen molar-refractivity contribution in [1.82, 2.24) is 29.1 Å². The molecule has 6 nitrogen and oxygen atoms in total. The van der Waals surface area contributed by atoms with Crippen molar-refractivity contribution in [3.05, 3.63) is 35.7 Å². The van der Waals surface area contributed by atoms with Gasteiger partial charge in [-0.15, -0.1) is 11.1 Å². The summed E-state index contributed by atoms with van der Waals surface area (Å²) >= 11 is 0. The topological polar surface area (TPSA) is 61.4 Å². The second-order valence-electron chi connectivity index (χ2n) is 13.9. The summed E-state index contributed by atoms with van der Waals surface area (Å²) in [5, 5.41) is 0. The van der Waals surface area contributed by atoms with Crippen molar-refractivity contribution in [3.63, 3.8) is 0 Å². The summed E-state index contributed by atoms with van der Waals surface area (Å²) in [5.41, 5.74) is 14.8. The monoisotopic (exact) mass is 696 g/mol. The molecule has 8 heteroatoms. The standard InChI is InChI=1S/C42H52N6Si2/c1-9-25-49(26-10-2,27-11-3)31-17-15-19-33-37-40(46-42-35(43-37)21-23-48(42)8)34(38-39(33)45-41-36(44-38)22-24-47(41)7)20-16-18-32-50(28-12-4,29-13-5)30-14-6/h21-24H,9-14,25-30H2,1-8H3. The quantitative estimate of drug-likeness (QED) is 0.0741. The van der Waals surface area contributed by atoms with Gasteiger partial charge in [0.05, 0.1) is 11.1 Å². The van der Waals surface area contributed by atoms with Crippen LogP contribution >= 0.6 is 0 Å². The first kappa shape index (κ1) is 36.9. The largest absolute Gasteiger partial charge is 0.334 e. The molecule has 0 aliphatic rings. The fourth-order valence-corrected chi connectivity index (χ4v) is 16.4. The molecule has 0 fully saturated rings.